The van der Waals surface area contributed by atoms with Gasteiger partial charge in [-0.2, -0.15) is 4.99 Å². The quantitative estimate of drug-likeness (QED) is 0.597. The first-order chi connectivity index (χ1) is 9.16. The van der Waals surface area contributed by atoms with Crippen molar-refractivity contribution in [2.75, 3.05) is 0 Å². The second kappa shape index (κ2) is 4.42. The molecular weight excluding hydrogens is 240 g/mol. The third-order valence-electron chi connectivity index (χ3n) is 3.53. The molecule has 0 saturated heterocycles. The van der Waals surface area contributed by atoms with Crippen molar-refractivity contribution in [2.24, 2.45) is 16.5 Å². The number of carbonyl (C=O) groups excluding carboxylic acids is 1. The molecule has 1 aliphatic heterocycles. The molecule has 19 heavy (non-hydrogen) atoms. The first-order valence-electron chi connectivity index (χ1n) is 6.42. The second-order valence-corrected chi connectivity index (χ2v) is 4.84. The Hall–Kier alpha value is -2.30. The molecule has 2 aromatic rings. The van der Waals surface area contributed by atoms with E-state index in [1.54, 1.807) is 0 Å². The van der Waals surface area contributed by atoms with Gasteiger partial charge in [-0.15, -0.1) is 0 Å². The zero-order valence-electron chi connectivity index (χ0n) is 10.6. The van der Waals surface area contributed by atoms with Gasteiger partial charge in [0.05, 0.1) is 5.52 Å². The number of nitrogens with two attached hydrogens (primary N) is 2. The number of carbonyl (C=O) groups is 1. The first-order valence-corrected chi connectivity index (χ1v) is 6.42. The minimum Gasteiger partial charge on any atom is -0.370 e. The highest BCUT2D eigenvalue weighted by Crippen LogP contribution is 2.28. The standard InChI is InChI=1S/C14H16N4O/c15-14(16)17-13(19)11-8-10-6-3-5-9-4-1-2-7-18(11)12(9)10/h3,5-6,8H,1-2,4,7H2,(H4,15,16,17,19). The van der Waals surface area contributed by atoms with E-state index in [-0.39, 0.29) is 11.9 Å². The maximum absolute atomic E-state index is 12.1. The SMILES string of the molecule is NC(N)=NC(=O)c1cc2cccc3c2n1CCCC3. The third kappa shape index (κ3) is 1.97. The van der Waals surface area contributed by atoms with E-state index in [9.17, 15) is 4.79 Å². The number of aliphatic imine (C=N–C) groups is 1. The third-order valence-corrected chi connectivity index (χ3v) is 3.53. The van der Waals surface area contributed by atoms with Crippen molar-refractivity contribution in [3.05, 3.63) is 35.5 Å². The maximum atomic E-state index is 12.1. The highest BCUT2D eigenvalue weighted by Gasteiger charge is 2.19. The van der Waals surface area contributed by atoms with E-state index >= 15 is 0 Å². The van der Waals surface area contributed by atoms with Crippen LogP contribution >= 0.6 is 0 Å². The summed E-state index contributed by atoms with van der Waals surface area (Å²) in [5.74, 6) is -0.569. The Bertz CT molecular complexity index is 680. The van der Waals surface area contributed by atoms with Gasteiger partial charge in [0.1, 0.15) is 5.69 Å². The van der Waals surface area contributed by atoms with Crippen LogP contribution in [0.2, 0.25) is 0 Å². The van der Waals surface area contributed by atoms with Crippen molar-refractivity contribution in [3.8, 4) is 0 Å². The second-order valence-electron chi connectivity index (χ2n) is 4.84. The molecule has 1 aromatic carbocycles. The van der Waals surface area contributed by atoms with E-state index in [1.165, 1.54) is 5.56 Å². The highest BCUT2D eigenvalue weighted by atomic mass is 16.1. The van der Waals surface area contributed by atoms with Gasteiger partial charge in [-0.1, -0.05) is 18.2 Å². The molecule has 1 aromatic heterocycles. The summed E-state index contributed by atoms with van der Waals surface area (Å²) in [5.41, 5.74) is 13.6. The molecule has 0 bridgehead atoms. The van der Waals surface area contributed by atoms with E-state index in [4.69, 9.17) is 11.5 Å². The zero-order valence-corrected chi connectivity index (χ0v) is 10.6. The Labute approximate surface area is 110 Å². The van der Waals surface area contributed by atoms with Crippen LogP contribution in [0.25, 0.3) is 10.9 Å². The molecule has 0 atom stereocenters. The molecule has 0 saturated carbocycles. The van der Waals surface area contributed by atoms with Crippen LogP contribution in [-0.2, 0) is 13.0 Å². The normalized spacial score (nSPS) is 14.1. The number of amides is 1. The van der Waals surface area contributed by atoms with Crippen LogP contribution in [0.3, 0.4) is 0 Å². The molecule has 4 N–H and O–H groups in total. The van der Waals surface area contributed by atoms with Crippen molar-refractivity contribution in [1.82, 2.24) is 4.57 Å². The van der Waals surface area contributed by atoms with E-state index < -0.39 is 0 Å². The average Bonchev–Trinajstić information content (AvgIpc) is 2.59. The van der Waals surface area contributed by atoms with Gasteiger partial charge in [0.2, 0.25) is 0 Å². The summed E-state index contributed by atoms with van der Waals surface area (Å²) in [6.07, 6.45) is 3.24. The van der Waals surface area contributed by atoms with Crippen LogP contribution in [0.15, 0.2) is 29.3 Å². The molecule has 0 spiro atoms. The van der Waals surface area contributed by atoms with Gasteiger partial charge < -0.3 is 16.0 Å². The fourth-order valence-corrected chi connectivity index (χ4v) is 2.77. The summed E-state index contributed by atoms with van der Waals surface area (Å²) in [5, 5.41) is 1.08. The zero-order chi connectivity index (χ0) is 13.4. The molecule has 0 radical (unpaired) electrons. The molecule has 0 fully saturated rings. The van der Waals surface area contributed by atoms with E-state index in [0.717, 1.165) is 36.7 Å². The smallest absolute Gasteiger partial charge is 0.296 e. The molecule has 1 amide bonds. The van der Waals surface area contributed by atoms with Gasteiger partial charge in [0.15, 0.2) is 5.96 Å². The van der Waals surface area contributed by atoms with Gasteiger partial charge in [0, 0.05) is 11.9 Å². The fraction of sp³-hybridized carbons (Fsp3) is 0.286. The predicted molar refractivity (Wildman–Crippen MR) is 75.0 cm³/mol. The summed E-state index contributed by atoms with van der Waals surface area (Å²) < 4.78 is 2.05. The van der Waals surface area contributed by atoms with Crippen LogP contribution in [0.1, 0.15) is 28.9 Å². The van der Waals surface area contributed by atoms with Crippen LogP contribution in [-0.4, -0.2) is 16.4 Å². The lowest BCUT2D eigenvalue weighted by atomic mass is 10.1. The van der Waals surface area contributed by atoms with Crippen molar-refractivity contribution >= 4 is 22.8 Å². The summed E-state index contributed by atoms with van der Waals surface area (Å²) in [4.78, 5) is 15.7. The molecule has 98 valence electrons. The van der Waals surface area contributed by atoms with Gasteiger partial charge in [0.25, 0.3) is 5.91 Å². The van der Waals surface area contributed by atoms with Crippen LogP contribution in [0.4, 0.5) is 0 Å². The topological polar surface area (TPSA) is 86.4 Å². The molecule has 0 aliphatic carbocycles. The Kier molecular flexibility index (Phi) is 2.74. The van der Waals surface area contributed by atoms with Crippen molar-refractivity contribution in [1.29, 1.82) is 0 Å². The lowest BCUT2D eigenvalue weighted by Gasteiger charge is -2.06. The molecule has 5 heteroatoms. The van der Waals surface area contributed by atoms with Crippen LogP contribution in [0.5, 0.6) is 0 Å². The fourth-order valence-electron chi connectivity index (χ4n) is 2.77. The summed E-state index contributed by atoms with van der Waals surface area (Å²) >= 11 is 0. The van der Waals surface area contributed by atoms with Gasteiger partial charge in [-0.05, 0) is 30.9 Å². The number of hydrogen-bond donors (Lipinski definition) is 2. The summed E-state index contributed by atoms with van der Waals surface area (Å²) in [6.45, 7) is 0.835. The number of rotatable bonds is 1. The van der Waals surface area contributed by atoms with E-state index in [0.29, 0.717) is 5.69 Å². The number of nitrogens with zero attached hydrogens (tertiary/aromatic N) is 2. The predicted octanol–water partition coefficient (Wildman–Crippen LogP) is 1.39. The molecule has 0 unspecified atom stereocenters. The Morgan fingerprint density at radius 2 is 2.11 bits per heavy atom. The maximum Gasteiger partial charge on any atom is 0.296 e. The van der Waals surface area contributed by atoms with Crippen molar-refractivity contribution in [3.63, 3.8) is 0 Å². The Morgan fingerprint density at radius 3 is 2.89 bits per heavy atom. The number of para-hydroxylation sites is 1. The number of hydrogen-bond acceptors (Lipinski definition) is 1. The van der Waals surface area contributed by atoms with Crippen LogP contribution < -0.4 is 11.5 Å². The number of benzene rings is 1. The first kappa shape index (κ1) is 11.8. The monoisotopic (exact) mass is 256 g/mol. The van der Waals surface area contributed by atoms with E-state index in [1.807, 2.05) is 22.8 Å². The molecule has 5 nitrogen and oxygen atoms in total. The van der Waals surface area contributed by atoms with E-state index in [2.05, 4.69) is 11.1 Å². The number of guanidine groups is 1. The number of aromatic nitrogens is 1. The summed E-state index contributed by atoms with van der Waals surface area (Å²) in [7, 11) is 0. The molecular formula is C14H16N4O. The Morgan fingerprint density at radius 1 is 1.26 bits per heavy atom. The molecule has 1 aliphatic rings. The largest absolute Gasteiger partial charge is 0.370 e. The van der Waals surface area contributed by atoms with Gasteiger partial charge in [-0.25, -0.2) is 0 Å². The molecule has 2 heterocycles. The van der Waals surface area contributed by atoms with Crippen LogP contribution in [0, 0.1) is 0 Å². The van der Waals surface area contributed by atoms with Gasteiger partial charge >= 0.3 is 0 Å². The summed E-state index contributed by atoms with van der Waals surface area (Å²) in [6, 6.07) is 8.05. The lowest BCUT2D eigenvalue weighted by molar-refractivity contribution is 0.0994. The highest BCUT2D eigenvalue weighted by molar-refractivity contribution is 6.04. The molecule has 3 rings (SSSR count). The van der Waals surface area contributed by atoms with Crippen molar-refractivity contribution in [2.45, 2.75) is 25.8 Å². The number of aryl methyl sites for hydroxylation is 2. The van der Waals surface area contributed by atoms with Gasteiger partial charge in [-0.3, -0.25) is 4.79 Å². The minimum atomic E-state index is -0.371. The van der Waals surface area contributed by atoms with Crippen molar-refractivity contribution < 1.29 is 4.79 Å². The minimum absolute atomic E-state index is 0.197. The Balaban J connectivity index is 2.23. The average molecular weight is 256 g/mol. The lowest BCUT2D eigenvalue weighted by Crippen LogP contribution is -2.24.